The van der Waals surface area contributed by atoms with Crippen LogP contribution in [0.2, 0.25) is 0 Å². The highest BCUT2D eigenvalue weighted by Crippen LogP contribution is 2.29. The third kappa shape index (κ3) is 6.49. The zero-order valence-electron chi connectivity index (χ0n) is 18.3. The Bertz CT molecular complexity index is 1080. The van der Waals surface area contributed by atoms with Gasteiger partial charge in [-0.15, -0.1) is 11.8 Å². The smallest absolute Gasteiger partial charge is 0.338 e. The van der Waals surface area contributed by atoms with Gasteiger partial charge in [-0.05, 0) is 49.7 Å². The number of alkyl halides is 3. The average Bonchev–Trinajstić information content (AvgIpc) is 2.76. The first-order chi connectivity index (χ1) is 15.9. The number of hydrogen-bond donors (Lipinski definition) is 5. The van der Waals surface area contributed by atoms with Gasteiger partial charge in [0.05, 0.1) is 17.5 Å². The van der Waals surface area contributed by atoms with Gasteiger partial charge in [0.1, 0.15) is 11.5 Å². The molecule has 12 heteroatoms. The molecule has 1 fully saturated rings. The molecule has 182 valence electrons. The van der Waals surface area contributed by atoms with E-state index >= 15 is 0 Å². The molecule has 0 saturated carbocycles. The molecule has 0 radical (unpaired) electrons. The van der Waals surface area contributed by atoms with Gasteiger partial charge in [0, 0.05) is 11.3 Å². The van der Waals surface area contributed by atoms with E-state index in [0.717, 1.165) is 47.2 Å². The molecule has 3 rings (SSSR count). The molecule has 3 amide bonds. The van der Waals surface area contributed by atoms with E-state index in [0.29, 0.717) is 5.69 Å². The van der Waals surface area contributed by atoms with Crippen molar-refractivity contribution in [3.05, 3.63) is 64.7 Å². The van der Waals surface area contributed by atoms with Crippen LogP contribution in [0, 0.1) is 13.8 Å². The molecule has 0 aromatic heterocycles. The third-order valence-corrected chi connectivity index (χ3v) is 6.07. The highest BCUT2D eigenvalue weighted by atomic mass is 32.2. The topological polar surface area (TPSA) is 125 Å². The lowest BCUT2D eigenvalue weighted by Gasteiger charge is -2.35. The summed E-state index contributed by atoms with van der Waals surface area (Å²) in [7, 11) is 0. The maximum absolute atomic E-state index is 12.7. The molecule has 8 nitrogen and oxygen atoms in total. The van der Waals surface area contributed by atoms with Crippen molar-refractivity contribution in [2.24, 2.45) is 5.73 Å². The fourth-order valence-electron chi connectivity index (χ4n) is 3.27. The number of anilines is 1. The van der Waals surface area contributed by atoms with Gasteiger partial charge in [-0.3, -0.25) is 19.7 Å². The van der Waals surface area contributed by atoms with Gasteiger partial charge >= 0.3 is 6.18 Å². The van der Waals surface area contributed by atoms with Crippen LogP contribution in [-0.4, -0.2) is 41.2 Å². The first-order valence-corrected chi connectivity index (χ1v) is 11.3. The number of rotatable bonds is 6. The standard InChI is InChI=1S/C22H24F3N5O3S/c1-11-3-8-15(12(2)9-11)27-16(31)10-34-21-29-18(26)17(20(33)30-21)28-19(32)13-4-6-14(7-5-13)22(23,24)25/h3-9,17-18,21,29H,10,26H2,1-2H3,(H,27,31)(H,28,32)(H,30,33). The lowest BCUT2D eigenvalue weighted by atomic mass is 10.1. The number of halogens is 3. The molecule has 1 saturated heterocycles. The lowest BCUT2D eigenvalue weighted by molar-refractivity contribution is -0.137. The molecule has 3 unspecified atom stereocenters. The third-order valence-electron chi connectivity index (χ3n) is 5.06. The minimum Gasteiger partial charge on any atom is -0.338 e. The number of amides is 3. The van der Waals surface area contributed by atoms with E-state index in [1.165, 1.54) is 0 Å². The van der Waals surface area contributed by atoms with Crippen LogP contribution in [-0.2, 0) is 15.8 Å². The van der Waals surface area contributed by atoms with Crippen LogP contribution in [0.5, 0.6) is 0 Å². The molecular weight excluding hydrogens is 471 g/mol. The summed E-state index contributed by atoms with van der Waals surface area (Å²) in [6.45, 7) is 3.84. The van der Waals surface area contributed by atoms with Gasteiger partial charge in [0.15, 0.2) is 0 Å². The molecule has 0 spiro atoms. The Kier molecular flexibility index (Phi) is 7.85. The predicted octanol–water partition coefficient (Wildman–Crippen LogP) is 2.08. The van der Waals surface area contributed by atoms with Crippen LogP contribution < -0.4 is 27.0 Å². The fraction of sp³-hybridized carbons (Fsp3) is 0.318. The van der Waals surface area contributed by atoms with Crippen LogP contribution in [0.3, 0.4) is 0 Å². The van der Waals surface area contributed by atoms with Gasteiger partial charge in [-0.25, -0.2) is 0 Å². The van der Waals surface area contributed by atoms with Crippen molar-refractivity contribution in [1.82, 2.24) is 16.0 Å². The van der Waals surface area contributed by atoms with Crippen molar-refractivity contribution in [2.75, 3.05) is 11.1 Å². The van der Waals surface area contributed by atoms with Gasteiger partial charge in [0.2, 0.25) is 11.8 Å². The first kappa shape index (κ1) is 25.5. The normalized spacial score (nSPS) is 20.4. The van der Waals surface area contributed by atoms with E-state index < -0.39 is 41.3 Å². The van der Waals surface area contributed by atoms with Crippen LogP contribution >= 0.6 is 11.8 Å². The molecule has 1 aliphatic heterocycles. The van der Waals surface area contributed by atoms with Crippen molar-refractivity contribution in [3.8, 4) is 0 Å². The Morgan fingerprint density at radius 2 is 1.79 bits per heavy atom. The van der Waals surface area contributed by atoms with Gasteiger partial charge in [0.25, 0.3) is 5.91 Å². The molecule has 2 aromatic rings. The van der Waals surface area contributed by atoms with Crippen molar-refractivity contribution in [3.63, 3.8) is 0 Å². The van der Waals surface area contributed by atoms with Crippen LogP contribution in [0.25, 0.3) is 0 Å². The molecule has 6 N–H and O–H groups in total. The second kappa shape index (κ2) is 10.5. The SMILES string of the molecule is Cc1ccc(NC(=O)CSC2NC(=O)C(NC(=O)c3ccc(C(F)(F)F)cc3)C(N)N2)c(C)c1. The lowest BCUT2D eigenvalue weighted by Crippen LogP contribution is -2.70. The number of carbonyl (C=O) groups excluding carboxylic acids is 3. The molecule has 1 aliphatic rings. The summed E-state index contributed by atoms with van der Waals surface area (Å²) in [5.74, 6) is -1.57. The van der Waals surface area contributed by atoms with E-state index in [4.69, 9.17) is 5.73 Å². The zero-order valence-corrected chi connectivity index (χ0v) is 19.1. The number of hydrogen-bond acceptors (Lipinski definition) is 6. The van der Waals surface area contributed by atoms with E-state index in [1.54, 1.807) is 0 Å². The highest BCUT2D eigenvalue weighted by molar-refractivity contribution is 8.00. The molecule has 3 atom stereocenters. The largest absolute Gasteiger partial charge is 0.416 e. The molecule has 1 heterocycles. The Balaban J connectivity index is 1.51. The number of nitrogens with two attached hydrogens (primary N) is 1. The second-order valence-electron chi connectivity index (χ2n) is 7.78. The molecule has 0 aliphatic carbocycles. The van der Waals surface area contributed by atoms with E-state index in [1.807, 2.05) is 32.0 Å². The minimum absolute atomic E-state index is 0.0283. The van der Waals surface area contributed by atoms with Crippen molar-refractivity contribution < 1.29 is 27.6 Å². The summed E-state index contributed by atoms with van der Waals surface area (Å²) in [4.78, 5) is 37.1. The summed E-state index contributed by atoms with van der Waals surface area (Å²) >= 11 is 1.11. The van der Waals surface area contributed by atoms with Crippen molar-refractivity contribution in [2.45, 2.75) is 37.7 Å². The Morgan fingerprint density at radius 3 is 2.38 bits per heavy atom. The van der Waals surface area contributed by atoms with E-state index in [2.05, 4.69) is 21.3 Å². The summed E-state index contributed by atoms with van der Waals surface area (Å²) in [6.07, 6.45) is -5.50. The van der Waals surface area contributed by atoms with E-state index in [-0.39, 0.29) is 17.2 Å². The Labute approximate surface area is 198 Å². The quantitative estimate of drug-likeness (QED) is 0.418. The maximum atomic E-state index is 12.7. The Morgan fingerprint density at radius 1 is 1.12 bits per heavy atom. The van der Waals surface area contributed by atoms with Gasteiger partial charge < -0.3 is 21.7 Å². The monoisotopic (exact) mass is 495 g/mol. The number of thioether (sulfide) groups is 1. The average molecular weight is 496 g/mol. The molecule has 2 aromatic carbocycles. The van der Waals surface area contributed by atoms with Gasteiger partial charge in [-0.1, -0.05) is 17.7 Å². The Hall–Kier alpha value is -3.09. The highest BCUT2D eigenvalue weighted by Gasteiger charge is 2.36. The summed E-state index contributed by atoms with van der Waals surface area (Å²) in [6, 6.07) is 8.09. The number of nitrogens with one attached hydrogen (secondary N) is 4. The fourth-order valence-corrected chi connectivity index (χ4v) is 4.12. The number of benzene rings is 2. The van der Waals surface area contributed by atoms with E-state index in [9.17, 15) is 27.6 Å². The summed E-state index contributed by atoms with van der Waals surface area (Å²) in [5, 5.41) is 10.7. The minimum atomic E-state index is -4.52. The molecule has 34 heavy (non-hydrogen) atoms. The first-order valence-electron chi connectivity index (χ1n) is 10.2. The number of aryl methyl sites for hydroxylation is 2. The molecule has 0 bridgehead atoms. The summed E-state index contributed by atoms with van der Waals surface area (Å²) in [5.41, 5.74) is 7.07. The van der Waals surface area contributed by atoms with Gasteiger partial charge in [-0.2, -0.15) is 13.2 Å². The zero-order chi connectivity index (χ0) is 25.0. The van der Waals surface area contributed by atoms with Crippen LogP contribution in [0.4, 0.5) is 18.9 Å². The van der Waals surface area contributed by atoms with Crippen molar-refractivity contribution in [1.29, 1.82) is 0 Å². The van der Waals surface area contributed by atoms with Crippen molar-refractivity contribution >= 4 is 35.2 Å². The van der Waals surface area contributed by atoms with Crippen LogP contribution in [0.15, 0.2) is 42.5 Å². The predicted molar refractivity (Wildman–Crippen MR) is 123 cm³/mol. The molecular formula is C22H24F3N5O3S. The second-order valence-corrected chi connectivity index (χ2v) is 8.88. The summed E-state index contributed by atoms with van der Waals surface area (Å²) < 4.78 is 38.0. The maximum Gasteiger partial charge on any atom is 0.416 e. The van der Waals surface area contributed by atoms with Crippen LogP contribution in [0.1, 0.15) is 27.0 Å². The number of carbonyl (C=O) groups is 3.